The van der Waals surface area contributed by atoms with Crippen LogP contribution in [-0.4, -0.2) is 26.4 Å². The Balaban J connectivity index is 1.87. The topological polar surface area (TPSA) is 90.1 Å². The van der Waals surface area contributed by atoms with Crippen molar-refractivity contribution in [3.8, 4) is 0 Å². The molecule has 0 saturated heterocycles. The SMILES string of the molecule is CC1CCCCC1NC(=O)Cn1cnc([N+](=O)[O-])c1. The standard InChI is InChI=1S/C12H18N4O3/c1-9-4-2-3-5-10(9)14-12(17)7-15-6-11(13-8-15)16(18)19/h6,8-10H,2-5,7H2,1H3,(H,14,17). The van der Waals surface area contributed by atoms with Crippen molar-refractivity contribution in [2.24, 2.45) is 5.92 Å². The monoisotopic (exact) mass is 266 g/mol. The molecule has 2 rings (SSSR count). The molecule has 1 fully saturated rings. The molecule has 1 aliphatic rings. The van der Waals surface area contributed by atoms with Crippen molar-refractivity contribution in [1.82, 2.24) is 14.9 Å². The van der Waals surface area contributed by atoms with Crippen molar-refractivity contribution >= 4 is 11.7 Å². The molecule has 2 atom stereocenters. The Bertz CT molecular complexity index is 471. The number of nitro groups is 1. The van der Waals surface area contributed by atoms with Gasteiger partial charge in [0.1, 0.15) is 12.7 Å². The lowest BCUT2D eigenvalue weighted by Gasteiger charge is -2.29. The number of aromatic nitrogens is 2. The van der Waals surface area contributed by atoms with Crippen molar-refractivity contribution in [1.29, 1.82) is 0 Å². The van der Waals surface area contributed by atoms with Gasteiger partial charge in [0.05, 0.1) is 0 Å². The molecule has 7 heteroatoms. The minimum absolute atomic E-state index is 0.0735. The quantitative estimate of drug-likeness (QED) is 0.660. The molecule has 2 unspecified atom stereocenters. The first-order chi connectivity index (χ1) is 9.06. The van der Waals surface area contributed by atoms with Crippen LogP contribution in [0.1, 0.15) is 32.6 Å². The molecule has 104 valence electrons. The van der Waals surface area contributed by atoms with E-state index < -0.39 is 4.92 Å². The van der Waals surface area contributed by atoms with E-state index in [4.69, 9.17) is 0 Å². The number of carbonyl (C=O) groups is 1. The van der Waals surface area contributed by atoms with Crippen LogP contribution in [0, 0.1) is 16.0 Å². The van der Waals surface area contributed by atoms with E-state index in [1.54, 1.807) is 0 Å². The van der Waals surface area contributed by atoms with Crippen molar-refractivity contribution in [2.45, 2.75) is 45.2 Å². The molecule has 7 nitrogen and oxygen atoms in total. The number of imidazole rings is 1. The van der Waals surface area contributed by atoms with Gasteiger partial charge >= 0.3 is 5.82 Å². The van der Waals surface area contributed by atoms with Crippen LogP contribution in [0.4, 0.5) is 5.82 Å². The van der Waals surface area contributed by atoms with Crippen LogP contribution in [0.5, 0.6) is 0 Å². The van der Waals surface area contributed by atoms with Gasteiger partial charge in [-0.3, -0.25) is 4.79 Å². The molecule has 1 aromatic rings. The third-order valence-electron chi connectivity index (χ3n) is 3.59. The van der Waals surface area contributed by atoms with E-state index in [0.29, 0.717) is 5.92 Å². The first-order valence-corrected chi connectivity index (χ1v) is 6.52. The predicted octanol–water partition coefficient (Wildman–Crippen LogP) is 1.49. The van der Waals surface area contributed by atoms with E-state index >= 15 is 0 Å². The number of amides is 1. The summed E-state index contributed by atoms with van der Waals surface area (Å²) in [6, 6.07) is 0.222. The summed E-state index contributed by atoms with van der Waals surface area (Å²) in [5.74, 6) is 0.139. The summed E-state index contributed by atoms with van der Waals surface area (Å²) in [7, 11) is 0. The second kappa shape index (κ2) is 5.81. The van der Waals surface area contributed by atoms with Gasteiger partial charge in [-0.2, -0.15) is 0 Å². The van der Waals surface area contributed by atoms with Crippen LogP contribution >= 0.6 is 0 Å². The number of hydrogen-bond acceptors (Lipinski definition) is 4. The van der Waals surface area contributed by atoms with E-state index in [2.05, 4.69) is 17.2 Å². The van der Waals surface area contributed by atoms with Gasteiger partial charge in [0.2, 0.25) is 12.2 Å². The fraction of sp³-hybridized carbons (Fsp3) is 0.667. The summed E-state index contributed by atoms with van der Waals surface area (Å²) in [6.07, 6.45) is 7.09. The first-order valence-electron chi connectivity index (χ1n) is 6.52. The van der Waals surface area contributed by atoms with Gasteiger partial charge in [-0.25, -0.2) is 0 Å². The van der Waals surface area contributed by atoms with Crippen LogP contribution in [0.2, 0.25) is 0 Å². The van der Waals surface area contributed by atoms with Gasteiger partial charge in [0.15, 0.2) is 0 Å². The van der Waals surface area contributed by atoms with Crippen molar-refractivity contribution in [3.05, 3.63) is 22.6 Å². The summed E-state index contributed by atoms with van der Waals surface area (Å²) in [5.41, 5.74) is 0. The lowest BCUT2D eigenvalue weighted by Crippen LogP contribution is -2.42. The Hall–Kier alpha value is -1.92. The second-order valence-electron chi connectivity index (χ2n) is 5.10. The molecule has 1 amide bonds. The first kappa shape index (κ1) is 13.5. The van der Waals surface area contributed by atoms with Crippen LogP contribution in [0.3, 0.4) is 0 Å². The molecule has 0 aliphatic heterocycles. The zero-order valence-electron chi connectivity index (χ0n) is 10.9. The molecular formula is C12H18N4O3. The summed E-state index contributed by atoms with van der Waals surface area (Å²) < 4.78 is 1.43. The van der Waals surface area contributed by atoms with E-state index in [1.165, 1.54) is 23.5 Å². The van der Waals surface area contributed by atoms with Gasteiger partial charge in [0, 0.05) is 6.04 Å². The second-order valence-corrected chi connectivity index (χ2v) is 5.10. The van der Waals surface area contributed by atoms with Crippen molar-refractivity contribution in [2.75, 3.05) is 0 Å². The molecule has 1 N–H and O–H groups in total. The molecule has 0 radical (unpaired) electrons. The number of rotatable bonds is 4. The average Bonchev–Trinajstić information content (AvgIpc) is 2.80. The third-order valence-corrected chi connectivity index (χ3v) is 3.59. The predicted molar refractivity (Wildman–Crippen MR) is 68.4 cm³/mol. The maximum Gasteiger partial charge on any atom is 0.381 e. The Morgan fingerprint density at radius 3 is 2.95 bits per heavy atom. The highest BCUT2D eigenvalue weighted by atomic mass is 16.6. The summed E-state index contributed by atoms with van der Waals surface area (Å²) in [5, 5.41) is 13.5. The van der Waals surface area contributed by atoms with Gasteiger partial charge in [-0.05, 0) is 28.7 Å². The Labute approximate surface area is 111 Å². The molecule has 1 heterocycles. The minimum Gasteiger partial charge on any atom is -0.358 e. The summed E-state index contributed by atoms with van der Waals surface area (Å²) in [4.78, 5) is 25.4. The molecule has 1 aromatic heterocycles. The highest BCUT2D eigenvalue weighted by Gasteiger charge is 2.23. The van der Waals surface area contributed by atoms with Gasteiger partial charge in [-0.1, -0.05) is 19.8 Å². The van der Waals surface area contributed by atoms with E-state index in [9.17, 15) is 14.9 Å². The Kier molecular flexibility index (Phi) is 4.13. The normalized spacial score (nSPS) is 23.0. The molecule has 19 heavy (non-hydrogen) atoms. The van der Waals surface area contributed by atoms with E-state index in [0.717, 1.165) is 19.3 Å². The number of nitrogens with zero attached hydrogens (tertiary/aromatic N) is 3. The smallest absolute Gasteiger partial charge is 0.358 e. The molecule has 0 aromatic carbocycles. The van der Waals surface area contributed by atoms with Gasteiger partial charge in [-0.15, -0.1) is 0 Å². The lowest BCUT2D eigenvalue weighted by atomic mass is 9.86. The highest BCUT2D eigenvalue weighted by Crippen LogP contribution is 2.23. The fourth-order valence-electron chi connectivity index (χ4n) is 2.48. The zero-order chi connectivity index (χ0) is 13.8. The zero-order valence-corrected chi connectivity index (χ0v) is 10.9. The fourth-order valence-corrected chi connectivity index (χ4v) is 2.48. The molecule has 0 bridgehead atoms. The van der Waals surface area contributed by atoms with Gasteiger partial charge < -0.3 is 20.0 Å². The Morgan fingerprint density at radius 1 is 1.58 bits per heavy atom. The number of nitrogens with one attached hydrogen (secondary N) is 1. The van der Waals surface area contributed by atoms with Crippen molar-refractivity contribution < 1.29 is 9.72 Å². The molecular weight excluding hydrogens is 248 g/mol. The van der Waals surface area contributed by atoms with Crippen LogP contribution in [-0.2, 0) is 11.3 Å². The van der Waals surface area contributed by atoms with Crippen LogP contribution < -0.4 is 5.32 Å². The highest BCUT2D eigenvalue weighted by molar-refractivity contribution is 5.76. The lowest BCUT2D eigenvalue weighted by molar-refractivity contribution is -0.389. The maximum atomic E-state index is 11.9. The number of carbonyl (C=O) groups excluding carboxylic acids is 1. The molecule has 1 saturated carbocycles. The van der Waals surface area contributed by atoms with Crippen molar-refractivity contribution in [3.63, 3.8) is 0 Å². The summed E-state index contributed by atoms with van der Waals surface area (Å²) >= 11 is 0. The summed E-state index contributed by atoms with van der Waals surface area (Å²) in [6.45, 7) is 2.22. The van der Waals surface area contributed by atoms with Crippen LogP contribution in [0.25, 0.3) is 0 Å². The van der Waals surface area contributed by atoms with Gasteiger partial charge in [0.25, 0.3) is 0 Å². The Morgan fingerprint density at radius 2 is 2.32 bits per heavy atom. The molecule has 0 spiro atoms. The maximum absolute atomic E-state index is 11.9. The number of hydrogen-bond donors (Lipinski definition) is 1. The van der Waals surface area contributed by atoms with E-state index in [-0.39, 0.29) is 24.3 Å². The molecule has 1 aliphatic carbocycles. The largest absolute Gasteiger partial charge is 0.381 e. The van der Waals surface area contributed by atoms with E-state index in [1.807, 2.05) is 0 Å². The van der Waals surface area contributed by atoms with Crippen LogP contribution in [0.15, 0.2) is 12.5 Å². The average molecular weight is 266 g/mol. The minimum atomic E-state index is -0.572. The third kappa shape index (κ3) is 3.52.